The van der Waals surface area contributed by atoms with Gasteiger partial charge in [-0.2, -0.15) is 17.0 Å². The predicted molar refractivity (Wildman–Crippen MR) is 77.1 cm³/mol. The van der Waals surface area contributed by atoms with E-state index in [0.29, 0.717) is 5.56 Å². The van der Waals surface area contributed by atoms with Gasteiger partial charge in [-0.15, -0.1) is 0 Å². The molecule has 0 saturated carbocycles. The van der Waals surface area contributed by atoms with Crippen LogP contribution in [0.15, 0.2) is 24.3 Å². The van der Waals surface area contributed by atoms with Crippen LogP contribution in [-0.2, 0) is 0 Å². The van der Waals surface area contributed by atoms with Crippen molar-refractivity contribution in [2.75, 3.05) is 38.8 Å². The number of benzene rings is 1. The van der Waals surface area contributed by atoms with Crippen molar-refractivity contribution in [3.63, 3.8) is 0 Å². The van der Waals surface area contributed by atoms with Gasteiger partial charge in [-0.25, -0.2) is 0 Å². The zero-order chi connectivity index (χ0) is 13.2. The van der Waals surface area contributed by atoms with Crippen LogP contribution in [0.4, 0.5) is 0 Å². The predicted octanol–water partition coefficient (Wildman–Crippen LogP) is 2.62. The molecule has 0 unspecified atom stereocenters. The minimum Gasteiger partial charge on any atom is -0.494 e. The van der Waals surface area contributed by atoms with Crippen LogP contribution in [0.25, 0.3) is 0 Å². The Morgan fingerprint density at radius 2 is 1.94 bits per heavy atom. The normalized spacial score (nSPS) is 10.3. The highest BCUT2D eigenvalue weighted by atomic mass is 32.2. The third-order valence-electron chi connectivity index (χ3n) is 2.37. The van der Waals surface area contributed by atoms with Gasteiger partial charge in [-0.1, -0.05) is 0 Å². The van der Waals surface area contributed by atoms with Gasteiger partial charge in [0, 0.05) is 12.3 Å². The van der Waals surface area contributed by atoms with Crippen LogP contribution in [0.2, 0.25) is 0 Å². The molecule has 0 aromatic heterocycles. The molecule has 3 nitrogen and oxygen atoms in total. The number of thioether (sulfide) groups is 1. The highest BCUT2D eigenvalue weighted by Crippen LogP contribution is 2.12. The van der Waals surface area contributed by atoms with Gasteiger partial charge in [0.05, 0.1) is 18.2 Å². The molecule has 0 amide bonds. The molecule has 0 aliphatic rings. The van der Waals surface area contributed by atoms with Crippen molar-refractivity contribution in [1.29, 1.82) is 5.26 Å². The van der Waals surface area contributed by atoms with Gasteiger partial charge in [0.2, 0.25) is 0 Å². The van der Waals surface area contributed by atoms with E-state index < -0.39 is 0 Å². The van der Waals surface area contributed by atoms with Gasteiger partial charge in [0.25, 0.3) is 0 Å². The van der Waals surface area contributed by atoms with E-state index in [1.54, 1.807) is 12.1 Å². The van der Waals surface area contributed by atoms with Crippen molar-refractivity contribution >= 4 is 11.8 Å². The minimum atomic E-state index is 0.668. The third kappa shape index (κ3) is 6.53. The Kier molecular flexibility index (Phi) is 7.31. The van der Waals surface area contributed by atoms with Gasteiger partial charge in [-0.3, -0.25) is 0 Å². The summed E-state index contributed by atoms with van der Waals surface area (Å²) in [6.45, 7) is 1.86. The second-order valence-corrected chi connectivity index (χ2v) is 5.48. The zero-order valence-electron chi connectivity index (χ0n) is 11.1. The number of rotatable bonds is 8. The summed E-state index contributed by atoms with van der Waals surface area (Å²) in [6, 6.07) is 9.34. The van der Waals surface area contributed by atoms with Gasteiger partial charge in [0.15, 0.2) is 0 Å². The van der Waals surface area contributed by atoms with Crippen molar-refractivity contribution in [3.05, 3.63) is 29.8 Å². The molecule has 0 fully saturated rings. The topological polar surface area (TPSA) is 36.3 Å². The Labute approximate surface area is 114 Å². The van der Waals surface area contributed by atoms with E-state index in [1.807, 2.05) is 23.9 Å². The van der Waals surface area contributed by atoms with Crippen LogP contribution in [-0.4, -0.2) is 43.7 Å². The molecular formula is C14H20N2OS. The van der Waals surface area contributed by atoms with Crippen LogP contribution >= 0.6 is 11.8 Å². The molecule has 0 saturated heterocycles. The lowest BCUT2D eigenvalue weighted by atomic mass is 10.2. The second-order valence-electron chi connectivity index (χ2n) is 4.25. The molecule has 0 aliphatic heterocycles. The number of nitriles is 1. The first kappa shape index (κ1) is 14.9. The minimum absolute atomic E-state index is 0.668. The van der Waals surface area contributed by atoms with Crippen molar-refractivity contribution in [2.45, 2.75) is 6.42 Å². The second kappa shape index (κ2) is 8.84. The number of hydrogen-bond acceptors (Lipinski definition) is 4. The van der Waals surface area contributed by atoms with Crippen molar-refractivity contribution in [2.24, 2.45) is 0 Å². The number of ether oxygens (including phenoxy) is 1. The van der Waals surface area contributed by atoms with E-state index in [1.165, 1.54) is 5.75 Å². The maximum atomic E-state index is 8.67. The molecule has 0 spiro atoms. The Balaban J connectivity index is 2.05. The van der Waals surface area contributed by atoms with Crippen molar-refractivity contribution in [3.8, 4) is 11.8 Å². The maximum absolute atomic E-state index is 8.67. The van der Waals surface area contributed by atoms with E-state index in [-0.39, 0.29) is 0 Å². The summed E-state index contributed by atoms with van der Waals surface area (Å²) in [6.07, 6.45) is 1.05. The van der Waals surface area contributed by atoms with Gasteiger partial charge in [-0.05, 0) is 50.5 Å². The summed E-state index contributed by atoms with van der Waals surface area (Å²) in [5.74, 6) is 3.14. The van der Waals surface area contributed by atoms with Crippen LogP contribution in [0.3, 0.4) is 0 Å². The Bertz CT molecular complexity index is 370. The molecule has 1 aromatic rings. The van der Waals surface area contributed by atoms with Crippen LogP contribution < -0.4 is 4.74 Å². The van der Waals surface area contributed by atoms with E-state index in [9.17, 15) is 0 Å². The molecule has 0 bridgehead atoms. The molecule has 1 aromatic carbocycles. The Morgan fingerprint density at radius 1 is 1.22 bits per heavy atom. The smallest absolute Gasteiger partial charge is 0.119 e. The molecule has 18 heavy (non-hydrogen) atoms. The van der Waals surface area contributed by atoms with Crippen LogP contribution in [0.1, 0.15) is 12.0 Å². The molecule has 98 valence electrons. The number of hydrogen-bond donors (Lipinski definition) is 0. The molecule has 0 atom stereocenters. The Morgan fingerprint density at radius 3 is 2.56 bits per heavy atom. The first-order valence-electron chi connectivity index (χ1n) is 6.08. The molecule has 0 N–H and O–H groups in total. The molecular weight excluding hydrogens is 244 g/mol. The van der Waals surface area contributed by atoms with Gasteiger partial charge in [0.1, 0.15) is 5.75 Å². The maximum Gasteiger partial charge on any atom is 0.119 e. The third-order valence-corrected chi connectivity index (χ3v) is 3.42. The van der Waals surface area contributed by atoms with Crippen molar-refractivity contribution < 1.29 is 4.74 Å². The Hall–Kier alpha value is -1.18. The molecule has 4 heteroatoms. The average molecular weight is 264 g/mol. The van der Waals surface area contributed by atoms with E-state index in [4.69, 9.17) is 10.00 Å². The SMILES string of the molecule is CN(C)CCSCCCOc1ccc(C#N)cc1. The highest BCUT2D eigenvalue weighted by molar-refractivity contribution is 7.99. The van der Waals surface area contributed by atoms with E-state index in [0.717, 1.165) is 31.1 Å². The van der Waals surface area contributed by atoms with Gasteiger partial charge >= 0.3 is 0 Å². The van der Waals surface area contributed by atoms with Crippen LogP contribution in [0.5, 0.6) is 5.75 Å². The zero-order valence-corrected chi connectivity index (χ0v) is 11.9. The fourth-order valence-electron chi connectivity index (χ4n) is 1.33. The monoisotopic (exact) mass is 264 g/mol. The van der Waals surface area contributed by atoms with Crippen molar-refractivity contribution in [1.82, 2.24) is 4.90 Å². The summed E-state index contributed by atoms with van der Waals surface area (Å²) >= 11 is 1.96. The summed E-state index contributed by atoms with van der Waals surface area (Å²) < 4.78 is 5.60. The first-order valence-corrected chi connectivity index (χ1v) is 7.23. The van der Waals surface area contributed by atoms with E-state index in [2.05, 4.69) is 25.1 Å². The fourth-order valence-corrected chi connectivity index (χ4v) is 2.35. The highest BCUT2D eigenvalue weighted by Gasteiger charge is 1.96. The summed E-state index contributed by atoms with van der Waals surface area (Å²) in [5, 5.41) is 8.67. The largest absolute Gasteiger partial charge is 0.494 e. The lowest BCUT2D eigenvalue weighted by Gasteiger charge is -2.09. The summed E-state index contributed by atoms with van der Waals surface area (Å²) in [5.41, 5.74) is 0.668. The van der Waals surface area contributed by atoms with Crippen LogP contribution in [0, 0.1) is 11.3 Å². The standard InChI is InChI=1S/C14H20N2OS/c1-16(2)8-11-18-10-3-9-17-14-6-4-13(12-15)5-7-14/h4-7H,3,8-11H2,1-2H3. The first-order chi connectivity index (χ1) is 8.72. The summed E-state index contributed by atoms with van der Waals surface area (Å²) in [4.78, 5) is 2.19. The molecule has 0 radical (unpaired) electrons. The average Bonchev–Trinajstić information content (AvgIpc) is 2.38. The van der Waals surface area contributed by atoms with Gasteiger partial charge < -0.3 is 9.64 Å². The lowest BCUT2D eigenvalue weighted by Crippen LogP contribution is -2.15. The quantitative estimate of drug-likeness (QED) is 0.676. The lowest BCUT2D eigenvalue weighted by molar-refractivity contribution is 0.318. The fraction of sp³-hybridized carbons (Fsp3) is 0.500. The summed E-state index contributed by atoms with van der Waals surface area (Å²) in [7, 11) is 4.18. The molecule has 1 rings (SSSR count). The molecule has 0 heterocycles. The molecule has 0 aliphatic carbocycles. The number of nitrogens with zero attached hydrogens (tertiary/aromatic N) is 2. The van der Waals surface area contributed by atoms with E-state index >= 15 is 0 Å².